The minimum atomic E-state index is 0.0217. The maximum absolute atomic E-state index is 13.3. The Morgan fingerprint density at radius 3 is 2.00 bits per heavy atom. The largest absolute Gasteiger partial charge is 0.330 e. The Labute approximate surface area is 158 Å². The summed E-state index contributed by atoms with van der Waals surface area (Å²) in [6.45, 7) is 1.14. The average molecular weight is 352 g/mol. The number of hydrogen-bond acceptors (Lipinski definition) is 2. The summed E-state index contributed by atoms with van der Waals surface area (Å²) < 4.78 is 0. The van der Waals surface area contributed by atoms with Gasteiger partial charge < -0.3 is 4.90 Å². The molecule has 3 nitrogen and oxygen atoms in total. The standard InChI is InChI=1S/C24H20N2O/c27-24(22-13-14-23-21(16-22)12-7-15-25-23)26(17-19-8-3-1-4-9-19)18-20-10-5-2-6-11-20/h1-16H,17-18H2. The van der Waals surface area contributed by atoms with E-state index in [2.05, 4.69) is 29.2 Å². The highest BCUT2D eigenvalue weighted by molar-refractivity contribution is 5.97. The van der Waals surface area contributed by atoms with Crippen molar-refractivity contribution in [2.24, 2.45) is 0 Å². The molecule has 3 aromatic carbocycles. The fourth-order valence-corrected chi connectivity index (χ4v) is 3.20. The first-order valence-electron chi connectivity index (χ1n) is 9.01. The molecule has 0 aliphatic heterocycles. The molecule has 1 aromatic heterocycles. The average Bonchev–Trinajstić information content (AvgIpc) is 2.74. The molecule has 0 aliphatic carbocycles. The Kier molecular flexibility index (Phi) is 4.93. The van der Waals surface area contributed by atoms with E-state index in [0.717, 1.165) is 22.0 Å². The Hall–Kier alpha value is -3.46. The van der Waals surface area contributed by atoms with E-state index in [4.69, 9.17) is 0 Å². The number of carbonyl (C=O) groups excluding carboxylic acids is 1. The van der Waals surface area contributed by atoms with Gasteiger partial charge in [0, 0.05) is 30.2 Å². The van der Waals surface area contributed by atoms with Crippen LogP contribution in [0.5, 0.6) is 0 Å². The van der Waals surface area contributed by atoms with Crippen LogP contribution in [0.4, 0.5) is 0 Å². The topological polar surface area (TPSA) is 33.2 Å². The van der Waals surface area contributed by atoms with Crippen LogP contribution in [0, 0.1) is 0 Å². The van der Waals surface area contributed by atoms with Gasteiger partial charge in [-0.1, -0.05) is 66.7 Å². The van der Waals surface area contributed by atoms with Crippen LogP contribution in [0.25, 0.3) is 10.9 Å². The van der Waals surface area contributed by atoms with Crippen molar-refractivity contribution in [3.8, 4) is 0 Å². The van der Waals surface area contributed by atoms with Gasteiger partial charge in [0.2, 0.25) is 0 Å². The van der Waals surface area contributed by atoms with Crippen LogP contribution in [0.3, 0.4) is 0 Å². The molecule has 0 aliphatic rings. The van der Waals surface area contributed by atoms with Gasteiger partial charge in [-0.15, -0.1) is 0 Å². The van der Waals surface area contributed by atoms with Crippen molar-refractivity contribution in [1.82, 2.24) is 9.88 Å². The zero-order valence-electron chi connectivity index (χ0n) is 15.0. The second kappa shape index (κ2) is 7.83. The Balaban J connectivity index is 1.66. The van der Waals surface area contributed by atoms with Crippen molar-refractivity contribution in [1.29, 1.82) is 0 Å². The summed E-state index contributed by atoms with van der Waals surface area (Å²) in [6, 6.07) is 29.8. The lowest BCUT2D eigenvalue weighted by Gasteiger charge is -2.23. The van der Waals surface area contributed by atoms with Gasteiger partial charge in [-0.25, -0.2) is 0 Å². The molecular formula is C24H20N2O. The minimum Gasteiger partial charge on any atom is -0.330 e. The van der Waals surface area contributed by atoms with E-state index in [1.807, 2.05) is 71.6 Å². The van der Waals surface area contributed by atoms with Crippen LogP contribution >= 0.6 is 0 Å². The number of aromatic nitrogens is 1. The number of fused-ring (bicyclic) bond motifs is 1. The summed E-state index contributed by atoms with van der Waals surface area (Å²) >= 11 is 0. The van der Waals surface area contributed by atoms with Gasteiger partial charge >= 0.3 is 0 Å². The van der Waals surface area contributed by atoms with Crippen LogP contribution in [-0.4, -0.2) is 15.8 Å². The smallest absolute Gasteiger partial charge is 0.254 e. The molecule has 0 saturated heterocycles. The normalized spacial score (nSPS) is 10.7. The van der Waals surface area contributed by atoms with Crippen molar-refractivity contribution < 1.29 is 4.79 Å². The summed E-state index contributed by atoms with van der Waals surface area (Å²) in [7, 11) is 0. The summed E-state index contributed by atoms with van der Waals surface area (Å²) in [6.07, 6.45) is 1.76. The van der Waals surface area contributed by atoms with Crippen molar-refractivity contribution in [2.45, 2.75) is 13.1 Å². The van der Waals surface area contributed by atoms with Crippen molar-refractivity contribution >= 4 is 16.8 Å². The molecule has 0 unspecified atom stereocenters. The lowest BCUT2D eigenvalue weighted by molar-refractivity contribution is 0.0730. The molecular weight excluding hydrogens is 332 g/mol. The zero-order valence-corrected chi connectivity index (χ0v) is 15.0. The highest BCUT2D eigenvalue weighted by Gasteiger charge is 2.17. The third kappa shape index (κ3) is 4.04. The first-order valence-corrected chi connectivity index (χ1v) is 9.01. The fraction of sp³-hybridized carbons (Fsp3) is 0.0833. The number of hydrogen-bond donors (Lipinski definition) is 0. The summed E-state index contributed by atoms with van der Waals surface area (Å²) in [5, 5.41) is 0.975. The Morgan fingerprint density at radius 2 is 1.37 bits per heavy atom. The maximum atomic E-state index is 13.3. The van der Waals surface area contributed by atoms with Crippen molar-refractivity contribution in [2.75, 3.05) is 0 Å². The molecule has 0 bridgehead atoms. The van der Waals surface area contributed by atoms with E-state index in [0.29, 0.717) is 18.7 Å². The molecule has 1 amide bonds. The minimum absolute atomic E-state index is 0.0217. The molecule has 0 atom stereocenters. The molecule has 3 heteroatoms. The lowest BCUT2D eigenvalue weighted by atomic mass is 10.1. The quantitative estimate of drug-likeness (QED) is 0.502. The molecule has 0 N–H and O–H groups in total. The van der Waals surface area contributed by atoms with Crippen LogP contribution in [0.2, 0.25) is 0 Å². The molecule has 0 radical (unpaired) electrons. The summed E-state index contributed by atoms with van der Waals surface area (Å²) in [5.41, 5.74) is 3.81. The van der Waals surface area contributed by atoms with Gasteiger partial charge in [0.05, 0.1) is 5.52 Å². The van der Waals surface area contributed by atoms with Gasteiger partial charge in [-0.2, -0.15) is 0 Å². The third-order valence-corrected chi connectivity index (χ3v) is 4.57. The second-order valence-corrected chi connectivity index (χ2v) is 6.54. The first-order chi connectivity index (χ1) is 13.3. The Morgan fingerprint density at radius 1 is 0.741 bits per heavy atom. The number of pyridine rings is 1. The number of rotatable bonds is 5. The molecule has 1 heterocycles. The predicted molar refractivity (Wildman–Crippen MR) is 108 cm³/mol. The SMILES string of the molecule is O=C(c1ccc2ncccc2c1)N(Cc1ccccc1)Cc1ccccc1. The Bertz CT molecular complexity index is 1000. The maximum Gasteiger partial charge on any atom is 0.254 e. The predicted octanol–water partition coefficient (Wildman–Crippen LogP) is 5.08. The van der Waals surface area contributed by atoms with E-state index >= 15 is 0 Å². The number of amides is 1. The highest BCUT2D eigenvalue weighted by atomic mass is 16.2. The van der Waals surface area contributed by atoms with Crippen LogP contribution < -0.4 is 0 Å². The van der Waals surface area contributed by atoms with E-state index < -0.39 is 0 Å². The van der Waals surface area contributed by atoms with E-state index in [1.165, 1.54) is 0 Å². The first kappa shape index (κ1) is 17.0. The van der Waals surface area contributed by atoms with Gasteiger partial charge in [-0.3, -0.25) is 9.78 Å². The third-order valence-electron chi connectivity index (χ3n) is 4.57. The molecule has 132 valence electrons. The van der Waals surface area contributed by atoms with Crippen molar-refractivity contribution in [3.05, 3.63) is 114 Å². The van der Waals surface area contributed by atoms with E-state index in [1.54, 1.807) is 6.20 Å². The summed E-state index contributed by atoms with van der Waals surface area (Å²) in [5.74, 6) is 0.0217. The number of benzene rings is 3. The van der Waals surface area contributed by atoms with E-state index in [-0.39, 0.29) is 5.91 Å². The number of carbonyl (C=O) groups is 1. The van der Waals surface area contributed by atoms with Crippen LogP contribution in [-0.2, 0) is 13.1 Å². The van der Waals surface area contributed by atoms with Gasteiger partial charge in [0.1, 0.15) is 0 Å². The molecule has 0 fully saturated rings. The fourth-order valence-electron chi connectivity index (χ4n) is 3.20. The second-order valence-electron chi connectivity index (χ2n) is 6.54. The van der Waals surface area contributed by atoms with Gasteiger partial charge in [-0.05, 0) is 35.4 Å². The molecule has 0 saturated carbocycles. The zero-order chi connectivity index (χ0) is 18.5. The van der Waals surface area contributed by atoms with Crippen molar-refractivity contribution in [3.63, 3.8) is 0 Å². The van der Waals surface area contributed by atoms with Gasteiger partial charge in [0.15, 0.2) is 0 Å². The monoisotopic (exact) mass is 352 g/mol. The summed E-state index contributed by atoms with van der Waals surface area (Å²) in [4.78, 5) is 19.5. The van der Waals surface area contributed by atoms with E-state index in [9.17, 15) is 4.79 Å². The molecule has 27 heavy (non-hydrogen) atoms. The molecule has 4 rings (SSSR count). The van der Waals surface area contributed by atoms with Crippen LogP contribution in [0.1, 0.15) is 21.5 Å². The number of nitrogens with zero attached hydrogens (tertiary/aromatic N) is 2. The molecule has 0 spiro atoms. The lowest BCUT2D eigenvalue weighted by Crippen LogP contribution is -2.30. The molecule has 4 aromatic rings. The van der Waals surface area contributed by atoms with Crippen LogP contribution in [0.15, 0.2) is 97.2 Å². The highest BCUT2D eigenvalue weighted by Crippen LogP contribution is 2.18. The van der Waals surface area contributed by atoms with Gasteiger partial charge in [0.25, 0.3) is 5.91 Å².